The standard InChI is InChI=1S/C18H15ClN6O/c19-11-1-2-14-12(7-11)13-9-25(6-3-15(13)22-14)10-17-23-18(24-26-17)16-8-20-4-5-21-16/h1-2,4-5,7-8,22H,3,6,9-10H2. The molecular weight excluding hydrogens is 352 g/mol. The molecule has 1 N–H and O–H groups in total. The summed E-state index contributed by atoms with van der Waals surface area (Å²) in [5, 5.41) is 5.94. The zero-order valence-corrected chi connectivity index (χ0v) is 14.6. The highest BCUT2D eigenvalue weighted by molar-refractivity contribution is 6.31. The van der Waals surface area contributed by atoms with Crippen LogP contribution in [-0.4, -0.2) is 36.5 Å². The summed E-state index contributed by atoms with van der Waals surface area (Å²) in [5.74, 6) is 1.04. The van der Waals surface area contributed by atoms with Gasteiger partial charge in [0.05, 0.1) is 12.7 Å². The Hall–Kier alpha value is -2.77. The fourth-order valence-electron chi connectivity index (χ4n) is 3.41. The van der Waals surface area contributed by atoms with Crippen LogP contribution >= 0.6 is 11.6 Å². The van der Waals surface area contributed by atoms with Gasteiger partial charge in [0.25, 0.3) is 0 Å². The van der Waals surface area contributed by atoms with Crippen molar-refractivity contribution in [1.82, 2.24) is 30.0 Å². The van der Waals surface area contributed by atoms with E-state index in [-0.39, 0.29) is 0 Å². The molecule has 0 bridgehead atoms. The monoisotopic (exact) mass is 366 g/mol. The van der Waals surface area contributed by atoms with Crippen LogP contribution in [0, 0.1) is 0 Å². The number of aromatic nitrogens is 5. The lowest BCUT2D eigenvalue weighted by atomic mass is 10.0. The van der Waals surface area contributed by atoms with Crippen molar-refractivity contribution in [3.8, 4) is 11.5 Å². The summed E-state index contributed by atoms with van der Waals surface area (Å²) in [6.45, 7) is 2.34. The maximum absolute atomic E-state index is 6.17. The van der Waals surface area contributed by atoms with Gasteiger partial charge in [-0.05, 0) is 23.8 Å². The molecule has 8 heteroatoms. The molecule has 1 aliphatic rings. The summed E-state index contributed by atoms with van der Waals surface area (Å²) in [6.07, 6.45) is 5.80. The van der Waals surface area contributed by atoms with Crippen LogP contribution in [0.25, 0.3) is 22.4 Å². The molecule has 0 saturated heterocycles. The summed E-state index contributed by atoms with van der Waals surface area (Å²) >= 11 is 6.17. The van der Waals surface area contributed by atoms with Crippen molar-refractivity contribution in [3.63, 3.8) is 0 Å². The van der Waals surface area contributed by atoms with Crippen molar-refractivity contribution in [2.75, 3.05) is 6.54 Å². The lowest BCUT2D eigenvalue weighted by Gasteiger charge is -2.25. The van der Waals surface area contributed by atoms with Gasteiger partial charge in [0.2, 0.25) is 11.7 Å². The van der Waals surface area contributed by atoms with Crippen molar-refractivity contribution in [2.24, 2.45) is 0 Å². The first-order valence-electron chi connectivity index (χ1n) is 8.36. The zero-order valence-electron chi connectivity index (χ0n) is 13.8. The van der Waals surface area contributed by atoms with Crippen molar-refractivity contribution in [3.05, 3.63) is 59.0 Å². The maximum Gasteiger partial charge on any atom is 0.241 e. The number of rotatable bonds is 3. The van der Waals surface area contributed by atoms with Gasteiger partial charge in [0, 0.05) is 53.5 Å². The van der Waals surface area contributed by atoms with Crippen molar-refractivity contribution >= 4 is 22.5 Å². The van der Waals surface area contributed by atoms with Gasteiger partial charge in [-0.3, -0.25) is 9.88 Å². The van der Waals surface area contributed by atoms with Crippen LogP contribution in [-0.2, 0) is 19.5 Å². The Labute approximate surface area is 154 Å². The van der Waals surface area contributed by atoms with Gasteiger partial charge < -0.3 is 9.51 Å². The first-order chi connectivity index (χ1) is 12.8. The van der Waals surface area contributed by atoms with Crippen LogP contribution in [0.3, 0.4) is 0 Å². The molecule has 1 aliphatic heterocycles. The van der Waals surface area contributed by atoms with Gasteiger partial charge in [-0.2, -0.15) is 4.98 Å². The molecule has 0 aliphatic carbocycles. The Morgan fingerprint density at radius 1 is 1.27 bits per heavy atom. The van der Waals surface area contributed by atoms with E-state index in [1.54, 1.807) is 18.6 Å². The van der Waals surface area contributed by atoms with Gasteiger partial charge in [-0.1, -0.05) is 16.8 Å². The Balaban J connectivity index is 1.38. The van der Waals surface area contributed by atoms with E-state index in [2.05, 4.69) is 30.0 Å². The summed E-state index contributed by atoms with van der Waals surface area (Å²) in [6, 6.07) is 5.97. The van der Waals surface area contributed by atoms with E-state index in [9.17, 15) is 0 Å². The van der Waals surface area contributed by atoms with Gasteiger partial charge in [0.15, 0.2) is 0 Å². The lowest BCUT2D eigenvalue weighted by molar-refractivity contribution is 0.210. The van der Waals surface area contributed by atoms with Crippen LogP contribution in [0.4, 0.5) is 0 Å². The molecule has 0 unspecified atom stereocenters. The number of H-pyrrole nitrogens is 1. The lowest BCUT2D eigenvalue weighted by Crippen LogP contribution is -2.29. The smallest absolute Gasteiger partial charge is 0.241 e. The number of nitrogens with one attached hydrogen (secondary N) is 1. The number of aromatic amines is 1. The number of halogens is 1. The minimum atomic E-state index is 0.463. The summed E-state index contributed by atoms with van der Waals surface area (Å²) in [5.41, 5.74) is 4.31. The third-order valence-corrected chi connectivity index (χ3v) is 4.87. The molecular formula is C18H15ClN6O. The third kappa shape index (κ3) is 2.75. The molecule has 1 aromatic carbocycles. The second-order valence-corrected chi connectivity index (χ2v) is 6.77. The Kier molecular flexibility index (Phi) is 3.69. The van der Waals surface area contributed by atoms with Gasteiger partial charge in [-0.25, -0.2) is 4.98 Å². The predicted molar refractivity (Wildman–Crippen MR) is 96.5 cm³/mol. The van der Waals surface area contributed by atoms with Crippen molar-refractivity contribution in [2.45, 2.75) is 19.5 Å². The predicted octanol–water partition coefficient (Wildman–Crippen LogP) is 3.22. The van der Waals surface area contributed by atoms with Gasteiger partial charge >= 0.3 is 0 Å². The normalized spacial score (nSPS) is 14.7. The minimum absolute atomic E-state index is 0.463. The first kappa shape index (κ1) is 15.5. The Morgan fingerprint density at radius 3 is 3.12 bits per heavy atom. The number of benzene rings is 1. The highest BCUT2D eigenvalue weighted by atomic mass is 35.5. The van der Waals surface area contributed by atoms with Crippen LogP contribution < -0.4 is 0 Å². The molecule has 0 spiro atoms. The van der Waals surface area contributed by atoms with Gasteiger partial charge in [-0.15, -0.1) is 0 Å². The molecule has 0 atom stereocenters. The maximum atomic E-state index is 6.17. The van der Waals surface area contributed by atoms with E-state index in [1.165, 1.54) is 16.6 Å². The van der Waals surface area contributed by atoms with Crippen LogP contribution in [0.15, 0.2) is 41.3 Å². The summed E-state index contributed by atoms with van der Waals surface area (Å²) in [4.78, 5) is 18.5. The van der Waals surface area contributed by atoms with E-state index in [0.29, 0.717) is 24.0 Å². The quantitative estimate of drug-likeness (QED) is 0.599. The highest BCUT2D eigenvalue weighted by Crippen LogP contribution is 2.30. The molecule has 4 aromatic rings. The number of hydrogen-bond donors (Lipinski definition) is 1. The summed E-state index contributed by atoms with van der Waals surface area (Å²) in [7, 11) is 0. The molecule has 5 rings (SSSR count). The summed E-state index contributed by atoms with van der Waals surface area (Å²) < 4.78 is 5.40. The number of nitrogens with zero attached hydrogens (tertiary/aromatic N) is 5. The Bertz CT molecular complexity index is 1070. The first-order valence-corrected chi connectivity index (χ1v) is 8.74. The molecule has 0 radical (unpaired) electrons. The molecule has 26 heavy (non-hydrogen) atoms. The average Bonchev–Trinajstić information content (AvgIpc) is 3.27. The third-order valence-electron chi connectivity index (χ3n) is 4.64. The minimum Gasteiger partial charge on any atom is -0.358 e. The van der Waals surface area contributed by atoms with Gasteiger partial charge in [0.1, 0.15) is 5.69 Å². The number of fused-ring (bicyclic) bond motifs is 3. The van der Waals surface area contributed by atoms with Crippen LogP contribution in [0.2, 0.25) is 5.02 Å². The molecule has 3 aromatic heterocycles. The van der Waals surface area contributed by atoms with E-state index in [1.807, 2.05) is 18.2 Å². The SMILES string of the molecule is Clc1ccc2[nH]c3c(c2c1)CN(Cc1nc(-c2cnccn2)no1)CC3. The fourth-order valence-corrected chi connectivity index (χ4v) is 3.58. The topological polar surface area (TPSA) is 83.7 Å². The molecule has 0 saturated carbocycles. The second kappa shape index (κ2) is 6.19. The molecule has 7 nitrogen and oxygen atoms in total. The largest absolute Gasteiger partial charge is 0.358 e. The Morgan fingerprint density at radius 2 is 2.23 bits per heavy atom. The van der Waals surface area contributed by atoms with E-state index in [0.717, 1.165) is 30.0 Å². The van der Waals surface area contributed by atoms with Crippen molar-refractivity contribution in [1.29, 1.82) is 0 Å². The fraction of sp³-hybridized carbons (Fsp3) is 0.222. The molecule has 0 fully saturated rings. The molecule has 0 amide bonds. The van der Waals surface area contributed by atoms with E-state index >= 15 is 0 Å². The highest BCUT2D eigenvalue weighted by Gasteiger charge is 2.22. The van der Waals surface area contributed by atoms with Crippen molar-refractivity contribution < 1.29 is 4.52 Å². The van der Waals surface area contributed by atoms with E-state index in [4.69, 9.17) is 16.1 Å². The zero-order chi connectivity index (χ0) is 17.5. The second-order valence-electron chi connectivity index (χ2n) is 6.34. The molecule has 4 heterocycles. The molecule has 130 valence electrons. The average molecular weight is 367 g/mol. The van der Waals surface area contributed by atoms with E-state index < -0.39 is 0 Å². The number of hydrogen-bond acceptors (Lipinski definition) is 6. The van der Waals surface area contributed by atoms with Crippen LogP contribution in [0.1, 0.15) is 17.1 Å². The van der Waals surface area contributed by atoms with Crippen LogP contribution in [0.5, 0.6) is 0 Å².